The number of nitrogens with two attached hydrogens (primary N) is 1. The van der Waals surface area contributed by atoms with Crippen LogP contribution in [0.25, 0.3) is 0 Å². The minimum Gasteiger partial charge on any atom is -0.395 e. The first kappa shape index (κ1) is 11.9. The summed E-state index contributed by atoms with van der Waals surface area (Å²) in [6.45, 7) is 5.27. The van der Waals surface area contributed by atoms with Crippen LogP contribution in [-0.2, 0) is 0 Å². The Morgan fingerprint density at radius 2 is 2.07 bits per heavy atom. The van der Waals surface area contributed by atoms with Crippen molar-refractivity contribution in [1.82, 2.24) is 9.80 Å². The van der Waals surface area contributed by atoms with Crippen LogP contribution in [0.3, 0.4) is 0 Å². The maximum absolute atomic E-state index is 9.05. The molecule has 4 heteroatoms. The van der Waals surface area contributed by atoms with Crippen molar-refractivity contribution in [3.63, 3.8) is 0 Å². The fourth-order valence-corrected chi connectivity index (χ4v) is 1.88. The highest BCUT2D eigenvalue weighted by Crippen LogP contribution is 2.06. The van der Waals surface area contributed by atoms with E-state index in [9.17, 15) is 0 Å². The summed E-state index contributed by atoms with van der Waals surface area (Å²) < 4.78 is 0. The molecule has 0 spiro atoms. The van der Waals surface area contributed by atoms with Gasteiger partial charge >= 0.3 is 0 Å². The third-order valence-electron chi connectivity index (χ3n) is 3.07. The molecule has 1 fully saturated rings. The number of hydrogen-bond acceptors (Lipinski definition) is 4. The predicted molar refractivity (Wildman–Crippen MR) is 58.2 cm³/mol. The first-order valence-electron chi connectivity index (χ1n) is 5.51. The minimum atomic E-state index is 0.123. The van der Waals surface area contributed by atoms with Crippen LogP contribution in [0.5, 0.6) is 0 Å². The normalized spacial score (nSPS) is 20.6. The van der Waals surface area contributed by atoms with Gasteiger partial charge in [-0.1, -0.05) is 0 Å². The molecule has 0 amide bonds. The van der Waals surface area contributed by atoms with E-state index < -0.39 is 0 Å². The largest absolute Gasteiger partial charge is 0.395 e. The molecule has 0 aromatic carbocycles. The topological polar surface area (TPSA) is 52.7 Å². The van der Waals surface area contributed by atoms with Crippen LogP contribution < -0.4 is 5.73 Å². The average molecular weight is 201 g/mol. The summed E-state index contributed by atoms with van der Waals surface area (Å²) in [5.74, 6) is 0. The number of likely N-dealkylation sites (tertiary alicyclic amines) is 1. The summed E-state index contributed by atoms with van der Waals surface area (Å²) in [6, 6.07) is 0.123. The predicted octanol–water partition coefficient (Wildman–Crippen LogP) is -0.666. The highest BCUT2D eigenvalue weighted by atomic mass is 16.3. The standard InChI is InChI=1S/C10H23N3O/c1-12(10(8-11)9-14)6-7-13-4-2-3-5-13/h10,14H,2-9,11H2,1H3. The number of nitrogens with zero attached hydrogens (tertiary/aromatic N) is 2. The van der Waals surface area contributed by atoms with Crippen LogP contribution in [0.4, 0.5) is 0 Å². The molecule has 0 saturated carbocycles. The van der Waals surface area contributed by atoms with Gasteiger partial charge in [-0.05, 0) is 33.0 Å². The van der Waals surface area contributed by atoms with Crippen LogP contribution in [0.2, 0.25) is 0 Å². The number of rotatable bonds is 6. The maximum atomic E-state index is 9.05. The molecular formula is C10H23N3O. The number of hydrogen-bond donors (Lipinski definition) is 2. The summed E-state index contributed by atoms with van der Waals surface area (Å²) in [5, 5.41) is 9.05. The second kappa shape index (κ2) is 6.35. The van der Waals surface area contributed by atoms with Crippen molar-refractivity contribution in [3.05, 3.63) is 0 Å². The Hall–Kier alpha value is -0.160. The van der Waals surface area contributed by atoms with E-state index >= 15 is 0 Å². The van der Waals surface area contributed by atoms with Gasteiger partial charge in [0.15, 0.2) is 0 Å². The molecular weight excluding hydrogens is 178 g/mol. The Morgan fingerprint density at radius 1 is 1.43 bits per heavy atom. The lowest BCUT2D eigenvalue weighted by Gasteiger charge is -2.27. The molecule has 0 aliphatic carbocycles. The lowest BCUT2D eigenvalue weighted by Crippen LogP contribution is -2.43. The average Bonchev–Trinajstić information content (AvgIpc) is 2.69. The van der Waals surface area contributed by atoms with Gasteiger partial charge in [0, 0.05) is 25.7 Å². The molecule has 4 nitrogen and oxygen atoms in total. The monoisotopic (exact) mass is 201 g/mol. The molecule has 3 N–H and O–H groups in total. The van der Waals surface area contributed by atoms with Gasteiger partial charge in [-0.25, -0.2) is 0 Å². The van der Waals surface area contributed by atoms with E-state index in [0.29, 0.717) is 6.54 Å². The molecule has 0 aromatic heterocycles. The number of aliphatic hydroxyl groups excluding tert-OH is 1. The summed E-state index contributed by atoms with van der Waals surface area (Å²) in [5.41, 5.74) is 5.55. The van der Waals surface area contributed by atoms with Crippen molar-refractivity contribution < 1.29 is 5.11 Å². The molecule has 84 valence electrons. The molecule has 14 heavy (non-hydrogen) atoms. The van der Waals surface area contributed by atoms with Crippen molar-refractivity contribution in [2.75, 3.05) is 46.4 Å². The molecule has 1 rings (SSSR count). The van der Waals surface area contributed by atoms with Gasteiger partial charge in [-0.3, -0.25) is 4.90 Å². The Kier molecular flexibility index (Phi) is 5.40. The van der Waals surface area contributed by atoms with E-state index in [0.717, 1.165) is 13.1 Å². The smallest absolute Gasteiger partial charge is 0.0599 e. The number of aliphatic hydroxyl groups is 1. The molecule has 1 unspecified atom stereocenters. The SMILES string of the molecule is CN(CCN1CCCC1)C(CN)CO. The Labute approximate surface area is 86.7 Å². The molecule has 0 aromatic rings. The summed E-state index contributed by atoms with van der Waals surface area (Å²) in [4.78, 5) is 4.62. The van der Waals surface area contributed by atoms with Crippen LogP contribution in [0.1, 0.15) is 12.8 Å². The molecule has 1 aliphatic rings. The zero-order valence-corrected chi connectivity index (χ0v) is 9.15. The Balaban J connectivity index is 2.15. The zero-order valence-electron chi connectivity index (χ0n) is 9.15. The summed E-state index contributed by atoms with van der Waals surface area (Å²) in [6.07, 6.45) is 2.67. The van der Waals surface area contributed by atoms with Crippen LogP contribution in [-0.4, -0.2) is 67.3 Å². The zero-order chi connectivity index (χ0) is 10.4. The van der Waals surface area contributed by atoms with Gasteiger partial charge in [0.05, 0.1) is 6.61 Å². The van der Waals surface area contributed by atoms with Gasteiger partial charge in [0.2, 0.25) is 0 Å². The minimum absolute atomic E-state index is 0.123. The molecule has 1 atom stereocenters. The van der Waals surface area contributed by atoms with Gasteiger partial charge in [0.25, 0.3) is 0 Å². The third kappa shape index (κ3) is 3.53. The highest BCUT2D eigenvalue weighted by molar-refractivity contribution is 4.72. The first-order valence-corrected chi connectivity index (χ1v) is 5.51. The molecule has 0 bridgehead atoms. The highest BCUT2D eigenvalue weighted by Gasteiger charge is 2.15. The van der Waals surface area contributed by atoms with E-state index in [1.54, 1.807) is 0 Å². The fourth-order valence-electron chi connectivity index (χ4n) is 1.88. The van der Waals surface area contributed by atoms with Crippen molar-refractivity contribution in [2.24, 2.45) is 5.73 Å². The van der Waals surface area contributed by atoms with Crippen molar-refractivity contribution in [1.29, 1.82) is 0 Å². The van der Waals surface area contributed by atoms with E-state index in [-0.39, 0.29) is 12.6 Å². The Bertz CT molecular complexity index is 144. The van der Waals surface area contributed by atoms with Gasteiger partial charge < -0.3 is 15.7 Å². The van der Waals surface area contributed by atoms with Crippen LogP contribution in [0, 0.1) is 0 Å². The van der Waals surface area contributed by atoms with Gasteiger partial charge in [0.1, 0.15) is 0 Å². The second-order valence-electron chi connectivity index (χ2n) is 4.10. The van der Waals surface area contributed by atoms with E-state index in [2.05, 4.69) is 9.80 Å². The maximum Gasteiger partial charge on any atom is 0.0599 e. The van der Waals surface area contributed by atoms with E-state index in [1.165, 1.54) is 25.9 Å². The fraction of sp³-hybridized carbons (Fsp3) is 1.00. The van der Waals surface area contributed by atoms with Crippen molar-refractivity contribution >= 4 is 0 Å². The third-order valence-corrected chi connectivity index (χ3v) is 3.07. The summed E-state index contributed by atoms with van der Waals surface area (Å²) in [7, 11) is 2.03. The van der Waals surface area contributed by atoms with E-state index in [1.807, 2.05) is 7.05 Å². The second-order valence-corrected chi connectivity index (χ2v) is 4.10. The summed E-state index contributed by atoms with van der Waals surface area (Å²) >= 11 is 0. The first-order chi connectivity index (χ1) is 6.77. The lowest BCUT2D eigenvalue weighted by atomic mass is 10.3. The van der Waals surface area contributed by atoms with Crippen molar-refractivity contribution in [2.45, 2.75) is 18.9 Å². The van der Waals surface area contributed by atoms with E-state index in [4.69, 9.17) is 10.8 Å². The molecule has 1 heterocycles. The molecule has 1 saturated heterocycles. The van der Waals surface area contributed by atoms with Crippen LogP contribution in [0.15, 0.2) is 0 Å². The van der Waals surface area contributed by atoms with Gasteiger partial charge in [-0.15, -0.1) is 0 Å². The lowest BCUT2D eigenvalue weighted by molar-refractivity contribution is 0.140. The number of likely N-dealkylation sites (N-methyl/N-ethyl adjacent to an activating group) is 1. The van der Waals surface area contributed by atoms with Crippen LogP contribution >= 0.6 is 0 Å². The quantitative estimate of drug-likeness (QED) is 0.599. The Morgan fingerprint density at radius 3 is 2.57 bits per heavy atom. The van der Waals surface area contributed by atoms with Gasteiger partial charge in [-0.2, -0.15) is 0 Å². The van der Waals surface area contributed by atoms with Crippen molar-refractivity contribution in [3.8, 4) is 0 Å². The molecule has 1 aliphatic heterocycles. The molecule has 0 radical (unpaired) electrons.